The molecule has 2 atom stereocenters. The molecule has 0 saturated heterocycles. The number of nitrogens with two attached hydrogens (primary N) is 1. The summed E-state index contributed by atoms with van der Waals surface area (Å²) in [6, 6.07) is 4.88. The second-order valence-electron chi connectivity index (χ2n) is 5.37. The van der Waals surface area contributed by atoms with Crippen molar-refractivity contribution in [2.45, 2.75) is 18.0 Å². The van der Waals surface area contributed by atoms with Gasteiger partial charge in [0.1, 0.15) is 12.7 Å². The van der Waals surface area contributed by atoms with E-state index >= 15 is 0 Å². The van der Waals surface area contributed by atoms with Gasteiger partial charge >= 0.3 is 5.97 Å². The largest absolute Gasteiger partial charge is 0.468 e. The van der Waals surface area contributed by atoms with Crippen LogP contribution in [0.4, 0.5) is 10.1 Å². The fraction of sp³-hybridized carbons (Fsp3) is 0.429. The molecule has 1 aromatic rings. The molecule has 1 unspecified atom stereocenters. The van der Waals surface area contributed by atoms with Gasteiger partial charge in [0.15, 0.2) is 0 Å². The number of carbonyl (C=O) groups excluding carboxylic acids is 2. The fourth-order valence-corrected chi connectivity index (χ4v) is 2.88. The van der Waals surface area contributed by atoms with E-state index in [1.165, 1.54) is 12.0 Å². The van der Waals surface area contributed by atoms with E-state index in [2.05, 4.69) is 4.74 Å². The monoisotopic (exact) mass is 278 g/mol. The van der Waals surface area contributed by atoms with Crippen molar-refractivity contribution < 1.29 is 18.7 Å². The summed E-state index contributed by atoms with van der Waals surface area (Å²) in [5.41, 5.74) is 6.63. The van der Waals surface area contributed by atoms with Crippen LogP contribution in [0.5, 0.6) is 0 Å². The summed E-state index contributed by atoms with van der Waals surface area (Å²) in [5.74, 6) is -0.793. The van der Waals surface area contributed by atoms with Gasteiger partial charge in [-0.15, -0.1) is 0 Å². The number of benzene rings is 1. The molecule has 20 heavy (non-hydrogen) atoms. The Bertz CT molecular complexity index is 604. The zero-order valence-electron chi connectivity index (χ0n) is 11.1. The second kappa shape index (κ2) is 4.19. The third kappa shape index (κ3) is 1.75. The molecule has 1 aromatic carbocycles. The van der Waals surface area contributed by atoms with E-state index in [9.17, 15) is 14.0 Å². The molecule has 1 amide bonds. The summed E-state index contributed by atoms with van der Waals surface area (Å²) in [6.07, 6.45) is -0.648. The van der Waals surface area contributed by atoms with Gasteiger partial charge in [-0.1, -0.05) is 0 Å². The maximum absolute atomic E-state index is 13.9. The molecule has 6 heteroatoms. The van der Waals surface area contributed by atoms with Gasteiger partial charge in [0.25, 0.3) is 5.91 Å². The van der Waals surface area contributed by atoms with E-state index < -0.39 is 17.6 Å². The minimum atomic E-state index is -1.00. The van der Waals surface area contributed by atoms with Gasteiger partial charge in [0.2, 0.25) is 0 Å². The highest BCUT2D eigenvalue weighted by molar-refractivity contribution is 5.99. The van der Waals surface area contributed by atoms with Crippen molar-refractivity contribution in [1.82, 2.24) is 4.90 Å². The number of halogens is 1. The number of ether oxygens (including phenoxy) is 1. The third-order valence-electron chi connectivity index (χ3n) is 4.10. The van der Waals surface area contributed by atoms with E-state index in [0.29, 0.717) is 23.2 Å². The van der Waals surface area contributed by atoms with Crippen LogP contribution in [0.25, 0.3) is 0 Å². The molecule has 106 valence electrons. The number of methoxy groups -OCH3 is 1. The van der Waals surface area contributed by atoms with E-state index in [1.807, 2.05) is 0 Å². The number of amides is 1. The molecule has 1 aliphatic heterocycles. The predicted octanol–water partition coefficient (Wildman–Crippen LogP) is 0.877. The van der Waals surface area contributed by atoms with Gasteiger partial charge < -0.3 is 15.4 Å². The topological polar surface area (TPSA) is 72.6 Å². The smallest absolute Gasteiger partial charge is 0.325 e. The van der Waals surface area contributed by atoms with Crippen molar-refractivity contribution in [2.75, 3.05) is 25.9 Å². The number of alkyl halides is 1. The van der Waals surface area contributed by atoms with Crippen molar-refractivity contribution in [1.29, 1.82) is 0 Å². The standard InChI is InChI=1S/C14H15FN2O3/c1-20-12(18)6-17-7-14(5-11(14)15)10-4-8(16)2-3-9(10)13(17)19/h2-4,11H,5-7,16H2,1H3/t11?,14-/m0/s1. The lowest BCUT2D eigenvalue weighted by atomic mass is 9.86. The number of nitrogen functional groups attached to an aromatic ring is 1. The van der Waals surface area contributed by atoms with Crippen molar-refractivity contribution in [2.24, 2.45) is 0 Å². The van der Waals surface area contributed by atoms with Crippen molar-refractivity contribution in [3.05, 3.63) is 29.3 Å². The van der Waals surface area contributed by atoms with Crippen LogP contribution in [0, 0.1) is 0 Å². The number of nitrogens with zero attached hydrogens (tertiary/aromatic N) is 1. The number of esters is 1. The van der Waals surface area contributed by atoms with Crippen molar-refractivity contribution >= 4 is 17.6 Å². The van der Waals surface area contributed by atoms with Crippen molar-refractivity contribution in [3.8, 4) is 0 Å². The van der Waals surface area contributed by atoms with Crippen LogP contribution in [-0.4, -0.2) is 43.1 Å². The molecule has 3 rings (SSSR count). The first-order chi connectivity index (χ1) is 9.48. The summed E-state index contributed by atoms with van der Waals surface area (Å²) in [6.45, 7) is 0.0339. The molecule has 1 spiro atoms. The zero-order valence-corrected chi connectivity index (χ0v) is 11.1. The first kappa shape index (κ1) is 12.9. The van der Waals surface area contributed by atoms with E-state index in [0.717, 1.165) is 0 Å². The van der Waals surface area contributed by atoms with Crippen LogP contribution >= 0.6 is 0 Å². The van der Waals surface area contributed by atoms with Gasteiger partial charge in [-0.05, 0) is 30.2 Å². The Balaban J connectivity index is 2.01. The van der Waals surface area contributed by atoms with Crippen LogP contribution in [0.15, 0.2) is 18.2 Å². The van der Waals surface area contributed by atoms with Crippen LogP contribution < -0.4 is 5.73 Å². The lowest BCUT2D eigenvalue weighted by Gasteiger charge is -2.34. The SMILES string of the molecule is COC(=O)CN1C[C@@]2(CC2F)c2cc(N)ccc2C1=O. The molecule has 1 fully saturated rings. The average molecular weight is 278 g/mol. The first-order valence-corrected chi connectivity index (χ1v) is 6.38. The van der Waals surface area contributed by atoms with E-state index in [4.69, 9.17) is 5.73 Å². The minimum Gasteiger partial charge on any atom is -0.468 e. The molecule has 0 bridgehead atoms. The van der Waals surface area contributed by atoms with Crippen LogP contribution in [-0.2, 0) is 14.9 Å². The molecule has 2 N–H and O–H groups in total. The Morgan fingerprint density at radius 1 is 1.60 bits per heavy atom. The number of anilines is 1. The Labute approximate surface area is 115 Å². The van der Waals surface area contributed by atoms with E-state index in [1.54, 1.807) is 18.2 Å². The number of rotatable bonds is 2. The molecule has 1 saturated carbocycles. The zero-order chi connectivity index (χ0) is 14.5. The first-order valence-electron chi connectivity index (χ1n) is 6.38. The van der Waals surface area contributed by atoms with Gasteiger partial charge in [-0.25, -0.2) is 4.39 Å². The highest BCUT2D eigenvalue weighted by Crippen LogP contribution is 2.54. The second-order valence-corrected chi connectivity index (χ2v) is 5.37. The van der Waals surface area contributed by atoms with Crippen molar-refractivity contribution in [3.63, 3.8) is 0 Å². The summed E-state index contributed by atoms with van der Waals surface area (Å²) in [4.78, 5) is 25.1. The Kier molecular flexibility index (Phi) is 2.70. The van der Waals surface area contributed by atoms with Crippen LogP contribution in [0.3, 0.4) is 0 Å². The maximum Gasteiger partial charge on any atom is 0.325 e. The summed E-state index contributed by atoms with van der Waals surface area (Å²) < 4.78 is 18.5. The Hall–Kier alpha value is -2.11. The highest BCUT2D eigenvalue weighted by Gasteiger charge is 2.61. The van der Waals surface area contributed by atoms with Gasteiger partial charge in [0.05, 0.1) is 7.11 Å². The Morgan fingerprint density at radius 2 is 2.30 bits per heavy atom. The van der Waals surface area contributed by atoms with Crippen LogP contribution in [0.2, 0.25) is 0 Å². The summed E-state index contributed by atoms with van der Waals surface area (Å²) in [7, 11) is 1.26. The molecule has 2 aliphatic rings. The van der Waals surface area contributed by atoms with Crippen LogP contribution in [0.1, 0.15) is 22.3 Å². The number of carbonyl (C=O) groups is 2. The molecule has 0 aromatic heterocycles. The molecule has 0 radical (unpaired) electrons. The van der Waals surface area contributed by atoms with Gasteiger partial charge in [-0.3, -0.25) is 9.59 Å². The molecular formula is C14H15FN2O3. The highest BCUT2D eigenvalue weighted by atomic mass is 19.1. The number of fused-ring (bicyclic) bond motifs is 2. The molecule has 5 nitrogen and oxygen atoms in total. The van der Waals surface area contributed by atoms with Gasteiger partial charge in [0, 0.05) is 23.2 Å². The predicted molar refractivity (Wildman–Crippen MR) is 70.0 cm³/mol. The quantitative estimate of drug-likeness (QED) is 0.644. The normalized spacial score (nSPS) is 27.4. The summed E-state index contributed by atoms with van der Waals surface area (Å²) >= 11 is 0. The number of hydrogen-bond acceptors (Lipinski definition) is 4. The number of hydrogen-bond donors (Lipinski definition) is 1. The lowest BCUT2D eigenvalue weighted by molar-refractivity contribution is -0.141. The molecule has 1 heterocycles. The molecule has 1 aliphatic carbocycles. The van der Waals surface area contributed by atoms with Gasteiger partial charge in [-0.2, -0.15) is 0 Å². The summed E-state index contributed by atoms with van der Waals surface area (Å²) in [5, 5.41) is 0. The fourth-order valence-electron chi connectivity index (χ4n) is 2.88. The molecular weight excluding hydrogens is 263 g/mol. The average Bonchev–Trinajstić information content (AvgIpc) is 3.06. The Morgan fingerprint density at radius 3 is 2.90 bits per heavy atom. The maximum atomic E-state index is 13.9. The van der Waals surface area contributed by atoms with E-state index in [-0.39, 0.29) is 19.0 Å². The minimum absolute atomic E-state index is 0.159. The third-order valence-corrected chi connectivity index (χ3v) is 4.10. The lowest BCUT2D eigenvalue weighted by Crippen LogP contribution is -2.46.